The van der Waals surface area contributed by atoms with E-state index in [-0.39, 0.29) is 11.8 Å². The van der Waals surface area contributed by atoms with Gasteiger partial charge in [-0.1, -0.05) is 12.8 Å². The Morgan fingerprint density at radius 3 is 3.00 bits per heavy atom. The molecule has 0 bridgehead atoms. The first-order chi connectivity index (χ1) is 8.77. The summed E-state index contributed by atoms with van der Waals surface area (Å²) in [6.45, 7) is 4.94. The van der Waals surface area contributed by atoms with Crippen LogP contribution in [0.25, 0.3) is 0 Å². The van der Waals surface area contributed by atoms with Gasteiger partial charge in [-0.25, -0.2) is 0 Å². The zero-order valence-electron chi connectivity index (χ0n) is 11.6. The lowest BCUT2D eigenvalue weighted by atomic mass is 9.79. The third-order valence-corrected chi connectivity index (χ3v) is 3.70. The van der Waals surface area contributed by atoms with Crippen LogP contribution in [-0.4, -0.2) is 32.2 Å². The molecule has 18 heavy (non-hydrogen) atoms. The van der Waals surface area contributed by atoms with Crippen LogP contribution < -0.4 is 11.1 Å². The minimum Gasteiger partial charge on any atom is -0.382 e. The SMILES string of the molecule is CCOCCCNC(=O)C1CCCC(CCN)C1. The van der Waals surface area contributed by atoms with Crippen LogP contribution in [0.15, 0.2) is 0 Å². The van der Waals surface area contributed by atoms with Gasteiger partial charge in [0.2, 0.25) is 5.91 Å². The second-order valence-electron chi connectivity index (χ2n) is 5.15. The van der Waals surface area contributed by atoms with Gasteiger partial charge in [-0.15, -0.1) is 0 Å². The Bertz CT molecular complexity index is 232. The summed E-state index contributed by atoms with van der Waals surface area (Å²) in [4.78, 5) is 12.0. The lowest BCUT2D eigenvalue weighted by Crippen LogP contribution is -2.35. The minimum absolute atomic E-state index is 0.211. The standard InChI is InChI=1S/C14H28N2O2/c1-2-18-10-4-9-16-14(17)13-6-3-5-12(11-13)7-8-15/h12-13H,2-11,15H2,1H3,(H,16,17). The predicted molar refractivity (Wildman–Crippen MR) is 73.2 cm³/mol. The summed E-state index contributed by atoms with van der Waals surface area (Å²) in [7, 11) is 0. The normalized spacial score (nSPS) is 23.9. The van der Waals surface area contributed by atoms with E-state index < -0.39 is 0 Å². The van der Waals surface area contributed by atoms with Crippen LogP contribution in [0.4, 0.5) is 0 Å². The molecule has 4 nitrogen and oxygen atoms in total. The van der Waals surface area contributed by atoms with Crippen LogP contribution in [-0.2, 0) is 9.53 Å². The minimum atomic E-state index is 0.211. The Morgan fingerprint density at radius 1 is 1.44 bits per heavy atom. The molecule has 2 unspecified atom stereocenters. The highest BCUT2D eigenvalue weighted by Crippen LogP contribution is 2.30. The van der Waals surface area contributed by atoms with Gasteiger partial charge in [0.15, 0.2) is 0 Å². The van der Waals surface area contributed by atoms with Crippen molar-refractivity contribution in [2.45, 2.75) is 45.4 Å². The molecule has 1 aliphatic carbocycles. The van der Waals surface area contributed by atoms with E-state index in [0.29, 0.717) is 5.92 Å². The van der Waals surface area contributed by atoms with E-state index in [9.17, 15) is 4.79 Å². The molecule has 0 aliphatic heterocycles. The zero-order valence-corrected chi connectivity index (χ0v) is 11.6. The Balaban J connectivity index is 2.16. The monoisotopic (exact) mass is 256 g/mol. The maximum atomic E-state index is 12.0. The molecule has 4 heteroatoms. The number of ether oxygens (including phenoxy) is 1. The summed E-state index contributed by atoms with van der Waals surface area (Å²) in [5.74, 6) is 1.10. The number of amides is 1. The molecule has 2 atom stereocenters. The van der Waals surface area contributed by atoms with Crippen LogP contribution in [0.1, 0.15) is 45.4 Å². The Kier molecular flexibility index (Phi) is 8.01. The fraction of sp³-hybridized carbons (Fsp3) is 0.929. The highest BCUT2D eigenvalue weighted by atomic mass is 16.5. The highest BCUT2D eigenvalue weighted by molar-refractivity contribution is 5.78. The second-order valence-corrected chi connectivity index (χ2v) is 5.15. The van der Waals surface area contributed by atoms with Crippen molar-refractivity contribution in [2.75, 3.05) is 26.3 Å². The van der Waals surface area contributed by atoms with Gasteiger partial charge in [-0.2, -0.15) is 0 Å². The number of nitrogens with one attached hydrogen (secondary N) is 1. The first-order valence-electron chi connectivity index (χ1n) is 7.33. The topological polar surface area (TPSA) is 64.3 Å². The van der Waals surface area contributed by atoms with E-state index in [1.165, 1.54) is 12.8 Å². The molecular weight excluding hydrogens is 228 g/mol. The number of hydrogen-bond acceptors (Lipinski definition) is 3. The van der Waals surface area contributed by atoms with Crippen molar-refractivity contribution >= 4 is 5.91 Å². The van der Waals surface area contributed by atoms with Gasteiger partial charge in [0.05, 0.1) is 0 Å². The van der Waals surface area contributed by atoms with Gasteiger partial charge in [0, 0.05) is 25.7 Å². The fourth-order valence-electron chi connectivity index (χ4n) is 2.70. The average Bonchev–Trinajstić information content (AvgIpc) is 2.39. The van der Waals surface area contributed by atoms with Crippen LogP contribution in [0, 0.1) is 11.8 Å². The number of carbonyl (C=O) groups excluding carboxylic acids is 1. The van der Waals surface area contributed by atoms with Crippen molar-refractivity contribution in [3.05, 3.63) is 0 Å². The average molecular weight is 256 g/mol. The summed E-state index contributed by atoms with van der Waals surface area (Å²) in [5, 5.41) is 3.02. The molecule has 1 fully saturated rings. The molecular formula is C14H28N2O2. The molecule has 0 spiro atoms. The maximum Gasteiger partial charge on any atom is 0.223 e. The highest BCUT2D eigenvalue weighted by Gasteiger charge is 2.26. The molecule has 1 amide bonds. The summed E-state index contributed by atoms with van der Waals surface area (Å²) in [5.41, 5.74) is 5.59. The molecule has 0 saturated heterocycles. The van der Waals surface area contributed by atoms with Crippen molar-refractivity contribution in [1.82, 2.24) is 5.32 Å². The molecule has 1 saturated carbocycles. The molecule has 1 aliphatic rings. The number of nitrogens with two attached hydrogens (primary N) is 1. The molecule has 3 N–H and O–H groups in total. The van der Waals surface area contributed by atoms with Gasteiger partial charge in [0.1, 0.15) is 0 Å². The molecule has 0 aromatic heterocycles. The molecule has 1 rings (SSSR count). The Labute approximate surface area is 111 Å². The van der Waals surface area contributed by atoms with Gasteiger partial charge < -0.3 is 15.8 Å². The molecule has 0 radical (unpaired) electrons. The van der Waals surface area contributed by atoms with Crippen molar-refractivity contribution in [2.24, 2.45) is 17.6 Å². The number of carbonyl (C=O) groups is 1. The number of hydrogen-bond donors (Lipinski definition) is 2. The largest absolute Gasteiger partial charge is 0.382 e. The first kappa shape index (κ1) is 15.4. The second kappa shape index (κ2) is 9.34. The smallest absolute Gasteiger partial charge is 0.223 e. The van der Waals surface area contributed by atoms with Gasteiger partial charge >= 0.3 is 0 Å². The molecule has 0 aromatic rings. The van der Waals surface area contributed by atoms with Gasteiger partial charge in [-0.05, 0) is 45.1 Å². The van der Waals surface area contributed by atoms with E-state index >= 15 is 0 Å². The fourth-order valence-corrected chi connectivity index (χ4v) is 2.70. The van der Waals surface area contributed by atoms with E-state index in [1.807, 2.05) is 6.92 Å². The molecule has 106 valence electrons. The number of rotatable bonds is 8. The van der Waals surface area contributed by atoms with E-state index in [1.54, 1.807) is 0 Å². The molecule has 0 aromatic carbocycles. The lowest BCUT2D eigenvalue weighted by molar-refractivity contribution is -0.126. The zero-order chi connectivity index (χ0) is 13.2. The van der Waals surface area contributed by atoms with Gasteiger partial charge in [-0.3, -0.25) is 4.79 Å². The maximum absolute atomic E-state index is 12.0. The summed E-state index contributed by atoms with van der Waals surface area (Å²) in [6.07, 6.45) is 6.44. The quantitative estimate of drug-likeness (QED) is 0.649. The Morgan fingerprint density at radius 2 is 2.28 bits per heavy atom. The van der Waals surface area contributed by atoms with Crippen molar-refractivity contribution in [3.8, 4) is 0 Å². The Hall–Kier alpha value is -0.610. The first-order valence-corrected chi connectivity index (χ1v) is 7.33. The predicted octanol–water partition coefficient (Wildman–Crippen LogP) is 1.68. The van der Waals surface area contributed by atoms with Crippen molar-refractivity contribution < 1.29 is 9.53 Å². The van der Waals surface area contributed by atoms with E-state index in [0.717, 1.165) is 52.0 Å². The van der Waals surface area contributed by atoms with Crippen molar-refractivity contribution in [1.29, 1.82) is 0 Å². The van der Waals surface area contributed by atoms with Crippen LogP contribution >= 0.6 is 0 Å². The van der Waals surface area contributed by atoms with Crippen LogP contribution in [0.5, 0.6) is 0 Å². The third kappa shape index (κ3) is 5.83. The van der Waals surface area contributed by atoms with Gasteiger partial charge in [0.25, 0.3) is 0 Å². The lowest BCUT2D eigenvalue weighted by Gasteiger charge is -2.28. The van der Waals surface area contributed by atoms with Crippen molar-refractivity contribution in [3.63, 3.8) is 0 Å². The summed E-state index contributed by atoms with van der Waals surface area (Å²) < 4.78 is 5.24. The summed E-state index contributed by atoms with van der Waals surface area (Å²) >= 11 is 0. The molecule has 0 heterocycles. The summed E-state index contributed by atoms with van der Waals surface area (Å²) in [6, 6.07) is 0. The van der Waals surface area contributed by atoms with Crippen LogP contribution in [0.2, 0.25) is 0 Å². The van der Waals surface area contributed by atoms with Crippen LogP contribution in [0.3, 0.4) is 0 Å². The van der Waals surface area contributed by atoms with E-state index in [4.69, 9.17) is 10.5 Å². The third-order valence-electron chi connectivity index (χ3n) is 3.70. The van der Waals surface area contributed by atoms with E-state index in [2.05, 4.69) is 5.32 Å².